The number of carbonyl (C=O) groups is 2. The van der Waals surface area contributed by atoms with Crippen molar-refractivity contribution in [3.8, 4) is 5.75 Å². The van der Waals surface area contributed by atoms with Crippen molar-refractivity contribution < 1.29 is 19.4 Å². The van der Waals surface area contributed by atoms with Gasteiger partial charge in [-0.1, -0.05) is 39.7 Å². The highest BCUT2D eigenvalue weighted by molar-refractivity contribution is 9.10. The van der Waals surface area contributed by atoms with Crippen LogP contribution in [0.1, 0.15) is 43.4 Å². The van der Waals surface area contributed by atoms with Crippen molar-refractivity contribution in [1.82, 2.24) is 9.99 Å². The molecule has 4 rings (SSSR count). The molecule has 33 heavy (non-hydrogen) atoms. The molecule has 0 saturated heterocycles. The molecule has 1 aromatic heterocycles. The van der Waals surface area contributed by atoms with Gasteiger partial charge in [0.15, 0.2) is 0 Å². The van der Waals surface area contributed by atoms with Crippen molar-refractivity contribution >= 4 is 56.0 Å². The van der Waals surface area contributed by atoms with Crippen LogP contribution in [0.15, 0.2) is 58.1 Å². The number of halogens is 2. The summed E-state index contributed by atoms with van der Waals surface area (Å²) in [7, 11) is 0. The van der Waals surface area contributed by atoms with Gasteiger partial charge in [-0.3, -0.25) is 4.79 Å². The van der Waals surface area contributed by atoms with Crippen LogP contribution in [0.4, 0.5) is 0 Å². The van der Waals surface area contributed by atoms with E-state index in [9.17, 15) is 14.7 Å². The van der Waals surface area contributed by atoms with E-state index in [1.165, 1.54) is 5.01 Å². The smallest absolute Gasteiger partial charge is 0.243 e. The number of carboxylic acid groups (broad SMARTS) is 1. The molecule has 0 fully saturated rings. The fourth-order valence-electron chi connectivity index (χ4n) is 3.75. The Morgan fingerprint density at radius 1 is 1.18 bits per heavy atom. The van der Waals surface area contributed by atoms with Crippen molar-refractivity contribution in [2.45, 2.75) is 32.2 Å². The Balaban J connectivity index is 1.71. The van der Waals surface area contributed by atoms with Gasteiger partial charge in [-0.2, -0.15) is 5.10 Å². The lowest BCUT2D eigenvalue weighted by Gasteiger charge is -2.23. The third-order valence-corrected chi connectivity index (χ3v) is 6.16. The van der Waals surface area contributed by atoms with Crippen LogP contribution in [0.3, 0.4) is 0 Å². The standard InChI is InChI=1S/C24H21BrClN3O4/c1-2-33-17-8-5-15-11-18(24(26)27-19(15)12-17)21-13-20(14-3-6-16(25)7-4-14)28-29(21)22(30)9-10-23(31)32/h3-8,11-12,21H,2,9-10,13H2,1H3,(H,31,32)/p-1/t21-/m0/s1. The second-order valence-electron chi connectivity index (χ2n) is 7.54. The number of aliphatic carboxylic acids is 1. The number of ether oxygens (including phenoxy) is 1. The van der Waals surface area contributed by atoms with Crippen molar-refractivity contribution in [3.63, 3.8) is 0 Å². The highest BCUT2D eigenvalue weighted by atomic mass is 79.9. The van der Waals surface area contributed by atoms with Gasteiger partial charge in [0.25, 0.3) is 0 Å². The van der Waals surface area contributed by atoms with Crippen molar-refractivity contribution in [2.24, 2.45) is 5.10 Å². The number of carboxylic acids is 1. The Hall–Kier alpha value is -2.97. The third kappa shape index (κ3) is 5.17. The van der Waals surface area contributed by atoms with Gasteiger partial charge in [0.2, 0.25) is 5.91 Å². The van der Waals surface area contributed by atoms with E-state index in [0.29, 0.717) is 35.6 Å². The normalized spacial score (nSPS) is 15.5. The van der Waals surface area contributed by atoms with E-state index in [-0.39, 0.29) is 18.0 Å². The van der Waals surface area contributed by atoms with Crippen LogP contribution in [-0.4, -0.2) is 34.2 Å². The molecule has 0 bridgehead atoms. The summed E-state index contributed by atoms with van der Waals surface area (Å²) in [5, 5.41) is 17.9. The van der Waals surface area contributed by atoms with Gasteiger partial charge in [0.05, 0.1) is 23.9 Å². The number of nitrogens with zero attached hydrogens (tertiary/aromatic N) is 3. The molecule has 0 unspecified atom stereocenters. The number of amides is 1. The minimum Gasteiger partial charge on any atom is -0.550 e. The van der Waals surface area contributed by atoms with Gasteiger partial charge in [-0.05, 0) is 49.2 Å². The summed E-state index contributed by atoms with van der Waals surface area (Å²) in [6.45, 7) is 2.45. The zero-order valence-electron chi connectivity index (χ0n) is 17.8. The number of pyridine rings is 1. The van der Waals surface area contributed by atoms with Gasteiger partial charge in [0.1, 0.15) is 10.9 Å². The molecular weight excluding hydrogens is 510 g/mol. The number of hydrogen-bond acceptors (Lipinski definition) is 6. The van der Waals surface area contributed by atoms with Gasteiger partial charge in [-0.15, -0.1) is 0 Å². The maximum absolute atomic E-state index is 12.9. The van der Waals surface area contributed by atoms with Crippen molar-refractivity contribution in [1.29, 1.82) is 0 Å². The first-order valence-electron chi connectivity index (χ1n) is 10.4. The Morgan fingerprint density at radius 3 is 2.64 bits per heavy atom. The van der Waals surface area contributed by atoms with Gasteiger partial charge in [0, 0.05) is 40.3 Å². The molecule has 0 saturated carbocycles. The quantitative estimate of drug-likeness (QED) is 0.426. The molecule has 170 valence electrons. The number of rotatable bonds is 7. The number of carbonyl (C=O) groups excluding carboxylic acids is 2. The van der Waals surface area contributed by atoms with Gasteiger partial charge < -0.3 is 14.6 Å². The van der Waals surface area contributed by atoms with E-state index >= 15 is 0 Å². The molecule has 1 aliphatic rings. The second-order valence-corrected chi connectivity index (χ2v) is 8.81. The molecule has 3 aromatic rings. The summed E-state index contributed by atoms with van der Waals surface area (Å²) in [5.41, 5.74) is 2.89. The number of hydrogen-bond donors (Lipinski definition) is 0. The summed E-state index contributed by atoms with van der Waals surface area (Å²) < 4.78 is 6.47. The topological polar surface area (TPSA) is 94.9 Å². The van der Waals surface area contributed by atoms with E-state index in [1.54, 1.807) is 0 Å². The predicted molar refractivity (Wildman–Crippen MR) is 127 cm³/mol. The van der Waals surface area contributed by atoms with E-state index in [0.717, 1.165) is 15.4 Å². The number of fused-ring (bicyclic) bond motifs is 1. The highest BCUT2D eigenvalue weighted by Crippen LogP contribution is 2.38. The van der Waals surface area contributed by atoms with E-state index in [2.05, 4.69) is 26.0 Å². The molecule has 0 spiro atoms. The molecule has 1 atom stereocenters. The number of aromatic nitrogens is 1. The number of benzene rings is 2. The van der Waals surface area contributed by atoms with Crippen LogP contribution in [-0.2, 0) is 9.59 Å². The Labute approximate surface area is 204 Å². The number of hydrazone groups is 1. The zero-order chi connectivity index (χ0) is 23.5. The van der Waals surface area contributed by atoms with E-state index in [1.807, 2.05) is 55.5 Å². The molecular formula is C24H20BrClN3O4-. The second kappa shape index (κ2) is 9.89. The lowest BCUT2D eigenvalue weighted by atomic mass is 9.98. The van der Waals surface area contributed by atoms with E-state index in [4.69, 9.17) is 16.3 Å². The summed E-state index contributed by atoms with van der Waals surface area (Å²) in [5.74, 6) is -1.01. The Bertz CT molecular complexity index is 1250. The average Bonchev–Trinajstić information content (AvgIpc) is 3.23. The van der Waals surface area contributed by atoms with Gasteiger partial charge in [-0.25, -0.2) is 9.99 Å². The highest BCUT2D eigenvalue weighted by Gasteiger charge is 2.34. The average molecular weight is 530 g/mol. The predicted octanol–water partition coefficient (Wildman–Crippen LogP) is 4.26. The molecule has 2 aromatic carbocycles. The van der Waals surface area contributed by atoms with Crippen LogP contribution >= 0.6 is 27.5 Å². The first-order chi connectivity index (χ1) is 15.9. The Kier molecular flexibility index (Phi) is 6.95. The maximum atomic E-state index is 12.9. The zero-order valence-corrected chi connectivity index (χ0v) is 20.1. The summed E-state index contributed by atoms with van der Waals surface area (Å²) in [6.07, 6.45) is -0.177. The van der Waals surface area contributed by atoms with E-state index < -0.39 is 17.9 Å². The molecule has 0 N–H and O–H groups in total. The van der Waals surface area contributed by atoms with Crippen molar-refractivity contribution in [2.75, 3.05) is 6.61 Å². The summed E-state index contributed by atoms with van der Waals surface area (Å²) >= 11 is 9.99. The fraction of sp³-hybridized carbons (Fsp3) is 0.250. The molecule has 7 nitrogen and oxygen atoms in total. The summed E-state index contributed by atoms with van der Waals surface area (Å²) in [6, 6.07) is 14.6. The molecule has 1 aliphatic heterocycles. The van der Waals surface area contributed by atoms with Gasteiger partial charge >= 0.3 is 0 Å². The largest absolute Gasteiger partial charge is 0.550 e. The van der Waals surface area contributed by atoms with Crippen LogP contribution in [0, 0.1) is 0 Å². The molecule has 1 amide bonds. The SMILES string of the molecule is CCOc1ccc2cc([C@@H]3CC(c4ccc(Br)cc4)=NN3C(=O)CCC(=O)[O-])c(Cl)nc2c1. The van der Waals surface area contributed by atoms with Crippen LogP contribution < -0.4 is 9.84 Å². The van der Waals surface area contributed by atoms with Crippen LogP contribution in [0.5, 0.6) is 5.75 Å². The lowest BCUT2D eigenvalue weighted by molar-refractivity contribution is -0.305. The first-order valence-corrected chi connectivity index (χ1v) is 11.6. The monoisotopic (exact) mass is 528 g/mol. The van der Waals surface area contributed by atoms with Crippen LogP contribution in [0.25, 0.3) is 10.9 Å². The molecule has 0 radical (unpaired) electrons. The molecule has 9 heteroatoms. The van der Waals surface area contributed by atoms with Crippen LogP contribution in [0.2, 0.25) is 5.15 Å². The summed E-state index contributed by atoms with van der Waals surface area (Å²) in [4.78, 5) is 28.3. The molecule has 0 aliphatic carbocycles. The Morgan fingerprint density at radius 2 is 1.94 bits per heavy atom. The third-order valence-electron chi connectivity index (χ3n) is 5.33. The fourth-order valence-corrected chi connectivity index (χ4v) is 4.29. The maximum Gasteiger partial charge on any atom is 0.243 e. The minimum atomic E-state index is -1.29. The first kappa shape index (κ1) is 23.2. The lowest BCUT2D eigenvalue weighted by Crippen LogP contribution is -2.30. The minimum absolute atomic E-state index is 0.216. The van der Waals surface area contributed by atoms with Crippen molar-refractivity contribution in [3.05, 3.63) is 69.3 Å². The molecule has 2 heterocycles.